The molecule has 0 aromatic carbocycles. The van der Waals surface area contributed by atoms with Gasteiger partial charge in [-0.1, -0.05) is 11.8 Å². The zero-order chi connectivity index (χ0) is 42.0. The molecule has 0 saturated carbocycles. The van der Waals surface area contributed by atoms with Gasteiger partial charge in [-0.25, -0.2) is 28.1 Å². The fourth-order valence-corrected chi connectivity index (χ4v) is 7.42. The van der Waals surface area contributed by atoms with Crippen LogP contribution in [0.5, 0.6) is 0 Å². The van der Waals surface area contributed by atoms with Crippen LogP contribution in [0.15, 0.2) is 15.8 Å². The Bertz CT molecular complexity index is 1850. The summed E-state index contributed by atoms with van der Waals surface area (Å²) in [7, 11) is -16.9. The number of rotatable bonds is 17. The number of amides is 1. The molecule has 26 heteroatoms. The molecule has 1 aromatic heterocycles. The van der Waals surface area contributed by atoms with Crippen molar-refractivity contribution in [3.05, 3.63) is 32.6 Å². The highest BCUT2D eigenvalue weighted by Gasteiger charge is 2.43. The number of hydrogen-bond donors (Lipinski definition) is 7. The number of phosphoric acid groups is 3. The van der Waals surface area contributed by atoms with Crippen LogP contribution in [-0.4, -0.2) is 94.9 Å². The van der Waals surface area contributed by atoms with E-state index in [-0.39, 0.29) is 37.9 Å². The number of nitrogens with zero attached hydrogens (tertiary/aromatic N) is 1. The quantitative estimate of drug-likeness (QED) is 0.0385. The number of H-pyrrole nitrogens is 1. The van der Waals surface area contributed by atoms with Crippen LogP contribution in [-0.2, 0) is 55.4 Å². The molecule has 0 bridgehead atoms. The molecule has 0 aliphatic carbocycles. The van der Waals surface area contributed by atoms with Crippen molar-refractivity contribution in [1.82, 2.24) is 14.9 Å². The average Bonchev–Trinajstić information content (AvgIpc) is 3.34. The summed E-state index contributed by atoms with van der Waals surface area (Å²) in [6.45, 7) is 8.93. The van der Waals surface area contributed by atoms with Crippen molar-refractivity contribution in [2.45, 2.75) is 116 Å². The fraction of sp³-hybridized carbons (Fsp3) is 0.690. The van der Waals surface area contributed by atoms with Crippen molar-refractivity contribution >= 4 is 41.5 Å². The first-order chi connectivity index (χ1) is 25.0. The first kappa shape index (κ1) is 47.9. The summed E-state index contributed by atoms with van der Waals surface area (Å²) in [4.78, 5) is 100. The zero-order valence-electron chi connectivity index (χ0n) is 30.7. The van der Waals surface area contributed by atoms with Crippen LogP contribution in [0.4, 0.5) is 4.79 Å². The van der Waals surface area contributed by atoms with Gasteiger partial charge >= 0.3 is 47.2 Å². The molecule has 23 nitrogen and oxygen atoms in total. The van der Waals surface area contributed by atoms with Crippen molar-refractivity contribution in [1.29, 1.82) is 0 Å². The second-order valence-electron chi connectivity index (χ2n) is 13.8. The van der Waals surface area contributed by atoms with E-state index >= 15 is 0 Å². The third kappa shape index (κ3) is 19.0. The van der Waals surface area contributed by atoms with Crippen LogP contribution in [0, 0.1) is 11.8 Å². The summed E-state index contributed by atoms with van der Waals surface area (Å²) in [5, 5.41) is 12.8. The number of carbonyl (C=O) groups is 3. The molecular weight excluding hydrogens is 803 g/mol. The molecule has 0 spiro atoms. The third-order valence-electron chi connectivity index (χ3n) is 6.50. The Balaban J connectivity index is 1.95. The maximum absolute atomic E-state index is 12.8. The van der Waals surface area contributed by atoms with Crippen LogP contribution in [0.3, 0.4) is 0 Å². The molecule has 1 saturated heterocycles. The minimum Gasteiger partial charge on any atom is -0.464 e. The second kappa shape index (κ2) is 19.8. The Hall–Kier alpha value is -3.22. The number of esters is 2. The lowest BCUT2D eigenvalue weighted by Crippen LogP contribution is -2.44. The van der Waals surface area contributed by atoms with Gasteiger partial charge in [0, 0.05) is 25.5 Å². The first-order valence-electron chi connectivity index (χ1n) is 16.4. The van der Waals surface area contributed by atoms with E-state index in [4.69, 9.17) is 28.7 Å². The number of aromatic amines is 1. The summed E-state index contributed by atoms with van der Waals surface area (Å²) in [6.07, 6.45) is -3.68. The average molecular weight is 850 g/mol. The summed E-state index contributed by atoms with van der Waals surface area (Å²) >= 11 is 0. The number of unbranched alkanes of at least 4 members (excludes halogenated alkanes) is 2. The number of aliphatic hydroxyl groups is 1. The molecule has 1 amide bonds. The highest BCUT2D eigenvalue weighted by atomic mass is 31.3. The normalized spacial score (nSPS) is 20.2. The minimum atomic E-state index is -5.78. The zero-order valence-corrected chi connectivity index (χ0v) is 33.4. The van der Waals surface area contributed by atoms with Gasteiger partial charge in [0.15, 0.2) is 0 Å². The van der Waals surface area contributed by atoms with Crippen molar-refractivity contribution in [2.75, 3.05) is 13.2 Å². The largest absolute Gasteiger partial charge is 0.490 e. The molecule has 1 fully saturated rings. The van der Waals surface area contributed by atoms with Gasteiger partial charge in [-0.05, 0) is 60.8 Å². The van der Waals surface area contributed by atoms with Gasteiger partial charge in [-0.15, -0.1) is 0 Å². The maximum Gasteiger partial charge on any atom is 0.490 e. The van der Waals surface area contributed by atoms with Crippen molar-refractivity contribution in [2.24, 2.45) is 0 Å². The molecule has 6 atom stereocenters. The summed E-state index contributed by atoms with van der Waals surface area (Å²) in [6, 6.07) is -1.20. The van der Waals surface area contributed by atoms with Gasteiger partial charge in [0.25, 0.3) is 5.56 Å². The number of alkyl carbamates (subject to hydrolysis) is 1. The Kier molecular flexibility index (Phi) is 17.2. The van der Waals surface area contributed by atoms with Crippen molar-refractivity contribution < 1.29 is 84.9 Å². The Labute approximate surface area is 314 Å². The first-order valence-corrected chi connectivity index (χ1v) is 20.9. The van der Waals surface area contributed by atoms with Gasteiger partial charge in [0.05, 0.1) is 19.3 Å². The van der Waals surface area contributed by atoms with E-state index in [0.717, 1.165) is 10.8 Å². The number of ether oxygens (including phenoxy) is 4. The number of hydrogen-bond acceptors (Lipinski definition) is 16. The Morgan fingerprint density at radius 2 is 1.64 bits per heavy atom. The lowest BCUT2D eigenvalue weighted by atomic mass is 10.1. The maximum atomic E-state index is 12.8. The summed E-state index contributed by atoms with van der Waals surface area (Å²) < 4.78 is 68.1. The van der Waals surface area contributed by atoms with E-state index in [1.807, 2.05) is 4.98 Å². The van der Waals surface area contributed by atoms with Crippen molar-refractivity contribution in [3.8, 4) is 11.8 Å². The number of carbonyl (C=O) groups excluding carboxylic acids is 3. The SMILES string of the molecule is CC(C)(C)OC(=O)CCC(NC(=O)OC(C)(C)C)C(=O)OCCCCC#Cc1cn([C@H]2C[C@@H](O)[C@@H](COP(=O)(O)OP(=O)(O)OP(=O)(O)O)O2)c(=O)[nH]c1=O. The number of aliphatic hydroxyl groups excluding tert-OH is 1. The van der Waals surface area contributed by atoms with Gasteiger partial charge in [-0.3, -0.25) is 23.7 Å². The Morgan fingerprint density at radius 3 is 2.24 bits per heavy atom. The van der Waals surface area contributed by atoms with E-state index in [1.54, 1.807) is 41.5 Å². The standard InChI is InChI=1S/C29H46N3O20P3/c1-28(2,3)49-23(34)13-12-19(30-27(38)50-29(4,5)6)25(36)46-14-10-8-7-9-11-18-16-32(26(37)31-24(18)35)22-15-20(33)21(48-22)17-47-54(42,43)52-55(44,45)51-53(39,40)41/h16,19-22,33H,7-8,10,12-15,17H2,1-6H3,(H,30,38)(H,42,43)(H,44,45)(H,31,35,37)(H2,39,40,41)/t19?,20-,21-,22-/m1/s1. The summed E-state index contributed by atoms with van der Waals surface area (Å²) in [5.74, 6) is 3.96. The molecule has 3 unspecified atom stereocenters. The molecule has 55 heavy (non-hydrogen) atoms. The van der Waals surface area contributed by atoms with Crippen LogP contribution in [0.2, 0.25) is 0 Å². The molecular formula is C29H46N3O20P3. The smallest absolute Gasteiger partial charge is 0.464 e. The molecule has 312 valence electrons. The predicted octanol–water partition coefficient (Wildman–Crippen LogP) is 1.61. The molecule has 2 rings (SSSR count). The van der Waals surface area contributed by atoms with Crippen LogP contribution < -0.4 is 16.6 Å². The molecule has 1 aliphatic rings. The number of aromatic nitrogens is 2. The lowest BCUT2D eigenvalue weighted by molar-refractivity contribution is -0.155. The van der Waals surface area contributed by atoms with Gasteiger partial charge < -0.3 is 48.9 Å². The second-order valence-corrected chi connectivity index (χ2v) is 18.2. The van der Waals surface area contributed by atoms with E-state index in [9.17, 15) is 52.6 Å². The fourth-order valence-electron chi connectivity index (χ4n) is 4.40. The van der Waals surface area contributed by atoms with E-state index in [0.29, 0.717) is 12.8 Å². The van der Waals surface area contributed by atoms with Gasteiger partial charge in [-0.2, -0.15) is 8.62 Å². The lowest BCUT2D eigenvalue weighted by Gasteiger charge is -2.23. The topological polar surface area (TPSA) is 335 Å². The van der Waals surface area contributed by atoms with Crippen LogP contribution in [0.25, 0.3) is 0 Å². The third-order valence-corrected chi connectivity index (χ3v) is 10.3. The highest BCUT2D eigenvalue weighted by Crippen LogP contribution is 2.66. The Morgan fingerprint density at radius 1 is 1.00 bits per heavy atom. The molecule has 7 N–H and O–H groups in total. The predicted molar refractivity (Wildman–Crippen MR) is 186 cm³/mol. The highest BCUT2D eigenvalue weighted by molar-refractivity contribution is 7.66. The molecule has 2 heterocycles. The van der Waals surface area contributed by atoms with E-state index in [2.05, 4.69) is 30.3 Å². The van der Waals surface area contributed by atoms with Crippen LogP contribution >= 0.6 is 23.5 Å². The molecule has 1 aliphatic heterocycles. The van der Waals surface area contributed by atoms with Crippen molar-refractivity contribution in [3.63, 3.8) is 0 Å². The van der Waals surface area contributed by atoms with Crippen LogP contribution in [0.1, 0.15) is 91.9 Å². The summed E-state index contributed by atoms with van der Waals surface area (Å²) in [5.41, 5.74) is -3.58. The number of phosphoric ester groups is 1. The monoisotopic (exact) mass is 849 g/mol. The minimum absolute atomic E-state index is 0.0739. The van der Waals surface area contributed by atoms with E-state index in [1.165, 1.54) is 0 Å². The van der Waals surface area contributed by atoms with Gasteiger partial charge in [0.2, 0.25) is 0 Å². The van der Waals surface area contributed by atoms with Gasteiger partial charge in [0.1, 0.15) is 35.1 Å². The molecule has 1 aromatic rings. The molecule has 0 radical (unpaired) electrons. The van der Waals surface area contributed by atoms with E-state index < -0.39 is 95.0 Å². The number of nitrogens with one attached hydrogen (secondary N) is 2.